The lowest BCUT2D eigenvalue weighted by Crippen LogP contribution is -1.96. The molecule has 0 fully saturated rings. The van der Waals surface area contributed by atoms with Gasteiger partial charge >= 0.3 is 0 Å². The van der Waals surface area contributed by atoms with Crippen LogP contribution in [0.2, 0.25) is 0 Å². The van der Waals surface area contributed by atoms with Crippen LogP contribution in [0.15, 0.2) is 54.9 Å². The highest BCUT2D eigenvalue weighted by Crippen LogP contribution is 2.21. The summed E-state index contributed by atoms with van der Waals surface area (Å²) in [6.07, 6.45) is 6.15. The lowest BCUT2D eigenvalue weighted by molar-refractivity contribution is 0.679. The number of hydrogen-bond acceptors (Lipinski definition) is 1. The van der Waals surface area contributed by atoms with Crippen LogP contribution < -0.4 is 0 Å². The van der Waals surface area contributed by atoms with Gasteiger partial charge in [-0.15, -0.1) is 0 Å². The Hall–Kier alpha value is -2.09. The van der Waals surface area contributed by atoms with E-state index in [-0.39, 0.29) is 0 Å². The monoisotopic (exact) mass is 250 g/mol. The topological polar surface area (TPSA) is 28.7 Å². The number of hydrogen-bond donors (Lipinski definition) is 1. The second-order valence-corrected chi connectivity index (χ2v) is 5.11. The number of aromatic nitrogens is 2. The highest BCUT2D eigenvalue weighted by Gasteiger charge is 2.06. The molecule has 2 heteroatoms. The van der Waals surface area contributed by atoms with E-state index in [2.05, 4.69) is 59.4 Å². The fraction of sp³-hybridized carbons (Fsp3) is 0.235. The Kier molecular flexibility index (Phi) is 3.32. The summed E-state index contributed by atoms with van der Waals surface area (Å²) in [6.45, 7) is 2.29. The SMILES string of the molecule is CC(CCc1cnc2[nH]ccc2c1)c1ccccc1. The Morgan fingerprint density at radius 2 is 2.00 bits per heavy atom. The Balaban J connectivity index is 1.68. The molecule has 96 valence electrons. The minimum atomic E-state index is 0.586. The minimum Gasteiger partial charge on any atom is -0.346 e. The number of rotatable bonds is 4. The average Bonchev–Trinajstić information content (AvgIpc) is 2.93. The van der Waals surface area contributed by atoms with Gasteiger partial charge in [-0.05, 0) is 42.0 Å². The predicted molar refractivity (Wildman–Crippen MR) is 79.3 cm³/mol. The third kappa shape index (κ3) is 2.68. The van der Waals surface area contributed by atoms with E-state index >= 15 is 0 Å². The van der Waals surface area contributed by atoms with E-state index in [0.717, 1.165) is 18.5 Å². The molecule has 0 amide bonds. The van der Waals surface area contributed by atoms with Crippen molar-refractivity contribution < 1.29 is 0 Å². The zero-order valence-corrected chi connectivity index (χ0v) is 11.1. The predicted octanol–water partition coefficient (Wildman–Crippen LogP) is 4.30. The molecule has 1 aromatic carbocycles. The maximum Gasteiger partial charge on any atom is 0.137 e. The largest absolute Gasteiger partial charge is 0.346 e. The van der Waals surface area contributed by atoms with Crippen LogP contribution >= 0.6 is 0 Å². The first-order chi connectivity index (χ1) is 9.33. The Labute approximate surface area is 113 Å². The number of benzene rings is 1. The van der Waals surface area contributed by atoms with Gasteiger partial charge in [0.25, 0.3) is 0 Å². The second kappa shape index (κ2) is 5.27. The van der Waals surface area contributed by atoms with Crippen LogP contribution in [0.4, 0.5) is 0 Å². The van der Waals surface area contributed by atoms with Gasteiger partial charge in [0.15, 0.2) is 0 Å². The van der Waals surface area contributed by atoms with Crippen molar-refractivity contribution >= 4 is 11.0 Å². The van der Waals surface area contributed by atoms with Crippen LogP contribution in [-0.4, -0.2) is 9.97 Å². The number of aryl methyl sites for hydroxylation is 1. The number of aromatic amines is 1. The smallest absolute Gasteiger partial charge is 0.137 e. The molecule has 19 heavy (non-hydrogen) atoms. The molecule has 0 aliphatic rings. The summed E-state index contributed by atoms with van der Waals surface area (Å²) in [5.41, 5.74) is 3.70. The third-order valence-corrected chi connectivity index (χ3v) is 3.69. The fourth-order valence-corrected chi connectivity index (χ4v) is 2.45. The summed E-state index contributed by atoms with van der Waals surface area (Å²) >= 11 is 0. The van der Waals surface area contributed by atoms with Crippen LogP contribution in [0, 0.1) is 0 Å². The molecule has 0 spiro atoms. The second-order valence-electron chi connectivity index (χ2n) is 5.11. The van der Waals surface area contributed by atoms with Gasteiger partial charge in [-0.2, -0.15) is 0 Å². The van der Waals surface area contributed by atoms with Gasteiger partial charge in [-0.1, -0.05) is 37.3 Å². The van der Waals surface area contributed by atoms with Crippen molar-refractivity contribution in [2.45, 2.75) is 25.7 Å². The minimum absolute atomic E-state index is 0.586. The molecule has 0 saturated carbocycles. The summed E-state index contributed by atoms with van der Waals surface area (Å²) in [4.78, 5) is 7.56. The van der Waals surface area contributed by atoms with E-state index < -0.39 is 0 Å². The molecule has 3 aromatic rings. The molecular weight excluding hydrogens is 232 g/mol. The lowest BCUT2D eigenvalue weighted by Gasteiger charge is -2.11. The number of pyridine rings is 1. The van der Waals surface area contributed by atoms with E-state index in [0.29, 0.717) is 5.92 Å². The van der Waals surface area contributed by atoms with Crippen molar-refractivity contribution in [3.63, 3.8) is 0 Å². The van der Waals surface area contributed by atoms with Crippen LogP contribution in [0.25, 0.3) is 11.0 Å². The van der Waals surface area contributed by atoms with E-state index in [4.69, 9.17) is 0 Å². The Morgan fingerprint density at radius 1 is 1.16 bits per heavy atom. The molecular formula is C17H18N2. The highest BCUT2D eigenvalue weighted by molar-refractivity contribution is 5.75. The Bertz CT molecular complexity index is 655. The van der Waals surface area contributed by atoms with E-state index in [1.54, 1.807) is 0 Å². The summed E-state index contributed by atoms with van der Waals surface area (Å²) in [5.74, 6) is 0.586. The molecule has 0 bridgehead atoms. The summed E-state index contributed by atoms with van der Waals surface area (Å²) in [5, 5.41) is 1.20. The van der Waals surface area contributed by atoms with Gasteiger partial charge in [0.05, 0.1) is 0 Å². The maximum absolute atomic E-state index is 4.44. The van der Waals surface area contributed by atoms with Gasteiger partial charge in [-0.3, -0.25) is 0 Å². The number of nitrogens with zero attached hydrogens (tertiary/aromatic N) is 1. The zero-order chi connectivity index (χ0) is 13.1. The summed E-state index contributed by atoms with van der Waals surface area (Å²) in [7, 11) is 0. The fourth-order valence-electron chi connectivity index (χ4n) is 2.45. The van der Waals surface area contributed by atoms with Crippen molar-refractivity contribution in [1.29, 1.82) is 0 Å². The molecule has 3 rings (SSSR count). The molecule has 1 unspecified atom stereocenters. The lowest BCUT2D eigenvalue weighted by atomic mass is 9.94. The molecule has 0 aliphatic carbocycles. The molecule has 1 atom stereocenters. The van der Waals surface area contributed by atoms with Gasteiger partial charge in [0, 0.05) is 17.8 Å². The first kappa shape index (κ1) is 12.0. The number of H-pyrrole nitrogens is 1. The molecule has 2 aromatic heterocycles. The van der Waals surface area contributed by atoms with Crippen molar-refractivity contribution in [2.24, 2.45) is 0 Å². The molecule has 1 N–H and O–H groups in total. The van der Waals surface area contributed by atoms with Crippen LogP contribution in [0.1, 0.15) is 30.4 Å². The first-order valence-electron chi connectivity index (χ1n) is 6.80. The van der Waals surface area contributed by atoms with Crippen LogP contribution in [0.5, 0.6) is 0 Å². The third-order valence-electron chi connectivity index (χ3n) is 3.69. The van der Waals surface area contributed by atoms with E-state index in [1.165, 1.54) is 16.5 Å². The first-order valence-corrected chi connectivity index (χ1v) is 6.80. The van der Waals surface area contributed by atoms with Crippen molar-refractivity contribution in [3.05, 3.63) is 66.0 Å². The summed E-state index contributed by atoms with van der Waals surface area (Å²) in [6, 6.07) is 15.0. The van der Waals surface area contributed by atoms with Crippen LogP contribution in [-0.2, 0) is 6.42 Å². The molecule has 0 radical (unpaired) electrons. The van der Waals surface area contributed by atoms with Crippen LogP contribution in [0.3, 0.4) is 0 Å². The number of fused-ring (bicyclic) bond motifs is 1. The van der Waals surface area contributed by atoms with Gasteiger partial charge in [0.2, 0.25) is 0 Å². The molecule has 0 aliphatic heterocycles. The normalized spacial score (nSPS) is 12.7. The quantitative estimate of drug-likeness (QED) is 0.734. The van der Waals surface area contributed by atoms with E-state index in [1.807, 2.05) is 12.4 Å². The van der Waals surface area contributed by atoms with E-state index in [9.17, 15) is 0 Å². The molecule has 2 nitrogen and oxygen atoms in total. The maximum atomic E-state index is 4.44. The Morgan fingerprint density at radius 3 is 2.84 bits per heavy atom. The standard InChI is InChI=1S/C17H18N2/c1-13(15-5-3-2-4-6-15)7-8-14-11-16-9-10-18-17(16)19-12-14/h2-6,9-13H,7-8H2,1H3,(H,18,19). The van der Waals surface area contributed by atoms with Crippen molar-refractivity contribution in [3.8, 4) is 0 Å². The average molecular weight is 250 g/mol. The molecule has 0 saturated heterocycles. The molecule has 2 heterocycles. The van der Waals surface area contributed by atoms with Gasteiger partial charge in [-0.25, -0.2) is 4.98 Å². The highest BCUT2D eigenvalue weighted by atomic mass is 14.8. The van der Waals surface area contributed by atoms with Crippen molar-refractivity contribution in [2.75, 3.05) is 0 Å². The van der Waals surface area contributed by atoms with Gasteiger partial charge in [0.1, 0.15) is 5.65 Å². The number of nitrogens with one attached hydrogen (secondary N) is 1. The summed E-state index contributed by atoms with van der Waals surface area (Å²) < 4.78 is 0. The zero-order valence-electron chi connectivity index (χ0n) is 11.1. The van der Waals surface area contributed by atoms with Gasteiger partial charge < -0.3 is 4.98 Å². The van der Waals surface area contributed by atoms with Crippen molar-refractivity contribution in [1.82, 2.24) is 9.97 Å².